The molecule has 0 saturated carbocycles. The van der Waals surface area contributed by atoms with Crippen molar-refractivity contribution in [3.8, 4) is 11.4 Å². The molecule has 3 aromatic heterocycles. The average molecular weight is 321 g/mol. The smallest absolute Gasteiger partial charge is 0.156 e. The first-order valence-electron chi connectivity index (χ1n) is 7.31. The summed E-state index contributed by atoms with van der Waals surface area (Å²) in [7, 11) is 0. The van der Waals surface area contributed by atoms with Crippen LogP contribution in [0.15, 0.2) is 59.5 Å². The topological polar surface area (TPSA) is 76.7 Å². The predicted octanol–water partition coefficient (Wildman–Crippen LogP) is 3.43. The zero-order valence-corrected chi connectivity index (χ0v) is 12.5. The number of pyridine rings is 1. The summed E-state index contributed by atoms with van der Waals surface area (Å²) in [5.41, 5.74) is 1.91. The van der Waals surface area contributed by atoms with Gasteiger partial charge in [0.1, 0.15) is 23.7 Å². The van der Waals surface area contributed by atoms with Gasteiger partial charge in [0.2, 0.25) is 0 Å². The van der Waals surface area contributed by atoms with Crippen LogP contribution in [0, 0.1) is 5.82 Å². The van der Waals surface area contributed by atoms with Gasteiger partial charge in [-0.25, -0.2) is 14.4 Å². The summed E-state index contributed by atoms with van der Waals surface area (Å²) in [5.74, 6) is 0.634. The number of hydrogen-bond donors (Lipinski definition) is 1. The van der Waals surface area contributed by atoms with Gasteiger partial charge in [-0.2, -0.15) is 0 Å². The summed E-state index contributed by atoms with van der Waals surface area (Å²) in [4.78, 5) is 12.4. The fourth-order valence-electron chi connectivity index (χ4n) is 2.40. The summed E-state index contributed by atoms with van der Waals surface area (Å²) >= 11 is 0. The summed E-state index contributed by atoms with van der Waals surface area (Å²) in [6, 6.07) is 12.1. The van der Waals surface area contributed by atoms with E-state index in [0.717, 1.165) is 5.69 Å². The number of halogens is 1. The third kappa shape index (κ3) is 2.67. The van der Waals surface area contributed by atoms with Crippen LogP contribution < -0.4 is 5.32 Å². The van der Waals surface area contributed by atoms with Crippen LogP contribution in [-0.4, -0.2) is 20.1 Å². The Bertz CT molecular complexity index is 981. The number of nitrogens with zero attached hydrogens (tertiary/aromatic N) is 4. The van der Waals surface area contributed by atoms with Crippen molar-refractivity contribution in [3.63, 3.8) is 0 Å². The van der Waals surface area contributed by atoms with E-state index in [2.05, 4.69) is 25.4 Å². The minimum absolute atomic E-state index is 0.320. The molecule has 0 spiro atoms. The number of nitrogens with one attached hydrogen (secondary N) is 1. The number of benzene rings is 1. The molecule has 0 atom stereocenters. The molecule has 0 amide bonds. The predicted molar refractivity (Wildman–Crippen MR) is 86.6 cm³/mol. The number of fused-ring (bicyclic) bond motifs is 1. The minimum atomic E-state index is -0.373. The Balaban J connectivity index is 1.57. The monoisotopic (exact) mass is 321 g/mol. The molecule has 24 heavy (non-hydrogen) atoms. The molecule has 3 heterocycles. The van der Waals surface area contributed by atoms with E-state index in [9.17, 15) is 4.39 Å². The van der Waals surface area contributed by atoms with E-state index in [4.69, 9.17) is 4.52 Å². The highest BCUT2D eigenvalue weighted by Crippen LogP contribution is 2.23. The van der Waals surface area contributed by atoms with Gasteiger partial charge in [0.25, 0.3) is 0 Å². The van der Waals surface area contributed by atoms with Gasteiger partial charge in [-0.3, -0.25) is 4.98 Å². The lowest BCUT2D eigenvalue weighted by Crippen LogP contribution is -2.02. The van der Waals surface area contributed by atoms with Crippen LogP contribution in [0.4, 0.5) is 10.2 Å². The molecular formula is C17H12FN5O. The van der Waals surface area contributed by atoms with E-state index in [0.29, 0.717) is 34.7 Å². The molecule has 0 radical (unpaired) electrons. The van der Waals surface area contributed by atoms with E-state index >= 15 is 0 Å². The highest BCUT2D eigenvalue weighted by molar-refractivity contribution is 5.89. The van der Waals surface area contributed by atoms with Crippen LogP contribution in [0.2, 0.25) is 0 Å². The third-order valence-electron chi connectivity index (χ3n) is 3.53. The molecule has 4 rings (SSSR count). The number of aromatic nitrogens is 4. The van der Waals surface area contributed by atoms with Crippen molar-refractivity contribution in [1.82, 2.24) is 20.1 Å². The van der Waals surface area contributed by atoms with Gasteiger partial charge in [0.15, 0.2) is 5.76 Å². The molecule has 0 saturated heterocycles. The van der Waals surface area contributed by atoms with Gasteiger partial charge in [0.05, 0.1) is 23.1 Å². The molecule has 0 fully saturated rings. The summed E-state index contributed by atoms with van der Waals surface area (Å²) in [5, 5.41) is 7.41. The highest BCUT2D eigenvalue weighted by Gasteiger charge is 2.11. The number of anilines is 1. The van der Waals surface area contributed by atoms with E-state index in [1.165, 1.54) is 12.4 Å². The van der Waals surface area contributed by atoms with E-state index < -0.39 is 0 Å². The van der Waals surface area contributed by atoms with Crippen molar-refractivity contribution in [2.24, 2.45) is 0 Å². The second kappa shape index (κ2) is 6.04. The zero-order chi connectivity index (χ0) is 16.4. The Labute approximate surface area is 136 Å². The van der Waals surface area contributed by atoms with Gasteiger partial charge >= 0.3 is 0 Å². The Morgan fingerprint density at radius 3 is 2.83 bits per heavy atom. The first-order valence-corrected chi connectivity index (χ1v) is 7.31. The third-order valence-corrected chi connectivity index (χ3v) is 3.53. The SMILES string of the molecule is Fc1cccc2ncnc(NCc3cc(-c4ccccn4)no3)c12. The lowest BCUT2D eigenvalue weighted by Gasteiger charge is -2.06. The lowest BCUT2D eigenvalue weighted by molar-refractivity contribution is 0.390. The van der Waals surface area contributed by atoms with Crippen molar-refractivity contribution in [2.75, 3.05) is 5.32 Å². The van der Waals surface area contributed by atoms with Crippen molar-refractivity contribution in [1.29, 1.82) is 0 Å². The minimum Gasteiger partial charge on any atom is -0.362 e. The van der Waals surface area contributed by atoms with E-state index in [1.807, 2.05) is 18.2 Å². The quantitative estimate of drug-likeness (QED) is 0.620. The maximum absolute atomic E-state index is 14.0. The van der Waals surface area contributed by atoms with Gasteiger partial charge < -0.3 is 9.84 Å². The van der Waals surface area contributed by atoms with Gasteiger partial charge in [0, 0.05) is 12.3 Å². The van der Waals surface area contributed by atoms with Crippen LogP contribution >= 0.6 is 0 Å². The molecule has 0 aliphatic carbocycles. The number of hydrogen-bond acceptors (Lipinski definition) is 6. The van der Waals surface area contributed by atoms with Crippen LogP contribution in [0.3, 0.4) is 0 Å². The van der Waals surface area contributed by atoms with Crippen molar-refractivity contribution >= 4 is 16.7 Å². The Hall–Kier alpha value is -3.35. The zero-order valence-electron chi connectivity index (χ0n) is 12.5. The van der Waals surface area contributed by atoms with Gasteiger partial charge in [-0.05, 0) is 24.3 Å². The maximum Gasteiger partial charge on any atom is 0.156 e. The summed E-state index contributed by atoms with van der Waals surface area (Å²) in [6.07, 6.45) is 3.08. The Kier molecular flexibility index (Phi) is 3.59. The van der Waals surface area contributed by atoms with Crippen LogP contribution in [0.5, 0.6) is 0 Å². The van der Waals surface area contributed by atoms with Crippen LogP contribution in [0.1, 0.15) is 5.76 Å². The molecule has 1 aromatic carbocycles. The maximum atomic E-state index is 14.0. The number of rotatable bonds is 4. The Morgan fingerprint density at radius 2 is 1.96 bits per heavy atom. The molecule has 1 N–H and O–H groups in total. The van der Waals surface area contributed by atoms with E-state index in [1.54, 1.807) is 24.4 Å². The molecule has 0 bridgehead atoms. The van der Waals surface area contributed by atoms with Gasteiger partial charge in [-0.1, -0.05) is 17.3 Å². The average Bonchev–Trinajstić information content (AvgIpc) is 3.10. The molecular weight excluding hydrogens is 309 g/mol. The molecule has 0 unspecified atom stereocenters. The molecule has 118 valence electrons. The lowest BCUT2D eigenvalue weighted by atomic mass is 10.2. The van der Waals surface area contributed by atoms with Crippen LogP contribution in [0.25, 0.3) is 22.3 Å². The first-order chi connectivity index (χ1) is 11.8. The van der Waals surface area contributed by atoms with Crippen molar-refractivity contribution < 1.29 is 8.91 Å². The van der Waals surface area contributed by atoms with E-state index in [-0.39, 0.29) is 5.82 Å². The second-order valence-electron chi connectivity index (χ2n) is 5.10. The normalized spacial score (nSPS) is 10.9. The van der Waals surface area contributed by atoms with Gasteiger partial charge in [-0.15, -0.1) is 0 Å². The Morgan fingerprint density at radius 1 is 1.00 bits per heavy atom. The standard InChI is InChI=1S/C17H12FN5O/c18-12-4-3-6-14-16(12)17(22-10-21-14)20-9-11-8-15(23-24-11)13-5-1-2-7-19-13/h1-8,10H,9H2,(H,20,21,22). The second-order valence-corrected chi connectivity index (χ2v) is 5.10. The van der Waals surface area contributed by atoms with Crippen molar-refractivity contribution in [3.05, 3.63) is 66.6 Å². The molecule has 6 nitrogen and oxygen atoms in total. The molecule has 4 aromatic rings. The fraction of sp³-hybridized carbons (Fsp3) is 0.0588. The largest absolute Gasteiger partial charge is 0.362 e. The molecule has 0 aliphatic heterocycles. The molecule has 0 aliphatic rings. The summed E-state index contributed by atoms with van der Waals surface area (Å²) < 4.78 is 19.3. The first kappa shape index (κ1) is 14.3. The van der Waals surface area contributed by atoms with Crippen molar-refractivity contribution in [2.45, 2.75) is 6.54 Å². The molecule has 7 heteroatoms. The highest BCUT2D eigenvalue weighted by atomic mass is 19.1. The summed E-state index contributed by atoms with van der Waals surface area (Å²) in [6.45, 7) is 0.320. The fourth-order valence-corrected chi connectivity index (χ4v) is 2.40. The van der Waals surface area contributed by atoms with Crippen LogP contribution in [-0.2, 0) is 6.54 Å².